The van der Waals surface area contributed by atoms with Crippen LogP contribution in [-0.4, -0.2) is 31.0 Å². The second-order valence-electron chi connectivity index (χ2n) is 6.80. The number of amides is 1. The van der Waals surface area contributed by atoms with Crippen LogP contribution in [-0.2, 0) is 22.7 Å². The largest absolute Gasteiger partial charge is 0.380 e. The highest BCUT2D eigenvalue weighted by Crippen LogP contribution is 2.22. The predicted octanol–water partition coefficient (Wildman–Crippen LogP) is 4.45. The summed E-state index contributed by atoms with van der Waals surface area (Å²) >= 11 is 3.47. The van der Waals surface area contributed by atoms with Crippen LogP contribution in [0.5, 0.6) is 0 Å². The molecule has 0 aliphatic carbocycles. The van der Waals surface area contributed by atoms with E-state index in [0.717, 1.165) is 48.2 Å². The zero-order chi connectivity index (χ0) is 18.4. The van der Waals surface area contributed by atoms with Crippen LogP contribution in [0.1, 0.15) is 24.0 Å². The molecule has 4 nitrogen and oxygen atoms in total. The molecule has 1 heterocycles. The Bertz CT molecular complexity index is 725. The quantitative estimate of drug-likeness (QED) is 0.756. The summed E-state index contributed by atoms with van der Waals surface area (Å²) in [6.07, 6.45) is 1.81. The Morgan fingerprint density at radius 1 is 1.15 bits per heavy atom. The number of rotatable bonds is 6. The van der Waals surface area contributed by atoms with Gasteiger partial charge in [0.25, 0.3) is 0 Å². The average Bonchev–Trinajstić information content (AvgIpc) is 2.65. The molecule has 0 atom stereocenters. The SMILES string of the molecule is COCc1cccc(NC(=O)C2CCN(Cc3ccc(Br)cc3)CC2)c1. The lowest BCUT2D eigenvalue weighted by Crippen LogP contribution is -2.37. The minimum atomic E-state index is 0.0854. The van der Waals surface area contributed by atoms with Gasteiger partial charge in [-0.1, -0.05) is 40.2 Å². The number of carbonyl (C=O) groups excluding carboxylic acids is 1. The number of carbonyl (C=O) groups is 1. The van der Waals surface area contributed by atoms with Crippen molar-refractivity contribution in [1.82, 2.24) is 4.90 Å². The van der Waals surface area contributed by atoms with Crippen LogP contribution >= 0.6 is 15.9 Å². The van der Waals surface area contributed by atoms with E-state index in [2.05, 4.69) is 50.4 Å². The van der Waals surface area contributed by atoms with Crippen molar-refractivity contribution in [2.75, 3.05) is 25.5 Å². The van der Waals surface area contributed by atoms with Gasteiger partial charge in [-0.2, -0.15) is 0 Å². The van der Waals surface area contributed by atoms with Gasteiger partial charge in [-0.3, -0.25) is 9.69 Å². The summed E-state index contributed by atoms with van der Waals surface area (Å²) in [5.74, 6) is 0.213. The first-order valence-electron chi connectivity index (χ1n) is 8.99. The van der Waals surface area contributed by atoms with Crippen molar-refractivity contribution < 1.29 is 9.53 Å². The average molecular weight is 417 g/mol. The summed E-state index contributed by atoms with van der Waals surface area (Å²) in [6, 6.07) is 16.3. The molecule has 3 rings (SSSR count). The van der Waals surface area contributed by atoms with Crippen molar-refractivity contribution in [3.8, 4) is 0 Å². The van der Waals surface area contributed by atoms with Crippen molar-refractivity contribution >= 4 is 27.5 Å². The molecular formula is C21H25BrN2O2. The van der Waals surface area contributed by atoms with Crippen LogP contribution in [0.4, 0.5) is 5.69 Å². The van der Waals surface area contributed by atoms with Gasteiger partial charge in [0.15, 0.2) is 0 Å². The van der Waals surface area contributed by atoms with Crippen molar-refractivity contribution in [3.63, 3.8) is 0 Å². The normalized spacial score (nSPS) is 15.8. The number of benzene rings is 2. The first-order valence-corrected chi connectivity index (χ1v) is 9.79. The van der Waals surface area contributed by atoms with E-state index in [1.54, 1.807) is 7.11 Å². The van der Waals surface area contributed by atoms with E-state index in [9.17, 15) is 4.79 Å². The van der Waals surface area contributed by atoms with Gasteiger partial charge in [0.2, 0.25) is 5.91 Å². The van der Waals surface area contributed by atoms with Gasteiger partial charge in [-0.05, 0) is 61.3 Å². The van der Waals surface area contributed by atoms with E-state index in [4.69, 9.17) is 4.74 Å². The molecule has 0 bridgehead atoms. The third-order valence-electron chi connectivity index (χ3n) is 4.78. The molecule has 1 fully saturated rings. The molecule has 0 saturated carbocycles. The van der Waals surface area contributed by atoms with Crippen molar-refractivity contribution in [3.05, 3.63) is 64.1 Å². The summed E-state index contributed by atoms with van der Waals surface area (Å²) < 4.78 is 6.25. The van der Waals surface area contributed by atoms with E-state index in [-0.39, 0.29) is 11.8 Å². The maximum atomic E-state index is 12.6. The molecule has 0 aromatic heterocycles. The minimum absolute atomic E-state index is 0.0854. The van der Waals surface area contributed by atoms with Gasteiger partial charge in [-0.25, -0.2) is 0 Å². The van der Waals surface area contributed by atoms with Crippen LogP contribution in [0, 0.1) is 5.92 Å². The molecule has 138 valence electrons. The van der Waals surface area contributed by atoms with Crippen molar-refractivity contribution in [2.24, 2.45) is 5.92 Å². The first kappa shape index (κ1) is 19.1. The fraction of sp³-hybridized carbons (Fsp3) is 0.381. The zero-order valence-corrected chi connectivity index (χ0v) is 16.7. The molecule has 0 spiro atoms. The van der Waals surface area contributed by atoms with Gasteiger partial charge in [0.1, 0.15) is 0 Å². The van der Waals surface area contributed by atoms with Crippen LogP contribution < -0.4 is 5.32 Å². The number of likely N-dealkylation sites (tertiary alicyclic amines) is 1. The molecule has 0 unspecified atom stereocenters. The number of anilines is 1. The Morgan fingerprint density at radius 3 is 2.58 bits per heavy atom. The standard InChI is InChI=1S/C21H25BrN2O2/c1-26-15-17-3-2-4-20(13-17)23-21(25)18-9-11-24(12-10-18)14-16-5-7-19(22)8-6-16/h2-8,13,18H,9-12,14-15H2,1H3,(H,23,25). The Labute approximate surface area is 163 Å². The second kappa shape index (κ2) is 9.31. The van der Waals surface area contributed by atoms with Crippen LogP contribution in [0.3, 0.4) is 0 Å². The number of halogens is 1. The fourth-order valence-electron chi connectivity index (χ4n) is 3.35. The molecule has 1 aliphatic heterocycles. The van der Waals surface area contributed by atoms with E-state index >= 15 is 0 Å². The number of ether oxygens (including phenoxy) is 1. The topological polar surface area (TPSA) is 41.6 Å². The first-order chi connectivity index (χ1) is 12.6. The Morgan fingerprint density at radius 2 is 1.88 bits per heavy atom. The van der Waals surface area contributed by atoms with Crippen molar-refractivity contribution in [1.29, 1.82) is 0 Å². The van der Waals surface area contributed by atoms with Gasteiger partial charge in [0.05, 0.1) is 6.61 Å². The zero-order valence-electron chi connectivity index (χ0n) is 15.1. The maximum absolute atomic E-state index is 12.6. The van der Waals surface area contributed by atoms with E-state index in [1.807, 2.05) is 24.3 Å². The number of hydrogen-bond acceptors (Lipinski definition) is 3. The number of hydrogen-bond donors (Lipinski definition) is 1. The van der Waals surface area contributed by atoms with Gasteiger partial charge >= 0.3 is 0 Å². The molecule has 1 saturated heterocycles. The maximum Gasteiger partial charge on any atom is 0.227 e. The number of nitrogens with zero attached hydrogens (tertiary/aromatic N) is 1. The fourth-order valence-corrected chi connectivity index (χ4v) is 3.62. The molecule has 1 amide bonds. The minimum Gasteiger partial charge on any atom is -0.380 e. The van der Waals surface area contributed by atoms with Crippen LogP contribution in [0.25, 0.3) is 0 Å². The molecule has 2 aromatic carbocycles. The lowest BCUT2D eigenvalue weighted by Gasteiger charge is -2.31. The molecule has 2 aromatic rings. The Kier molecular flexibility index (Phi) is 6.83. The molecule has 0 radical (unpaired) electrons. The van der Waals surface area contributed by atoms with E-state index in [0.29, 0.717) is 6.61 Å². The van der Waals surface area contributed by atoms with E-state index in [1.165, 1.54) is 5.56 Å². The number of piperidine rings is 1. The molecular weight excluding hydrogens is 392 g/mol. The molecule has 1 aliphatic rings. The molecule has 1 N–H and O–H groups in total. The van der Waals surface area contributed by atoms with Crippen LogP contribution in [0.15, 0.2) is 53.0 Å². The lowest BCUT2D eigenvalue weighted by molar-refractivity contribution is -0.121. The highest BCUT2D eigenvalue weighted by molar-refractivity contribution is 9.10. The Balaban J connectivity index is 1.48. The molecule has 26 heavy (non-hydrogen) atoms. The monoisotopic (exact) mass is 416 g/mol. The third kappa shape index (κ3) is 5.40. The number of methoxy groups -OCH3 is 1. The highest BCUT2D eigenvalue weighted by Gasteiger charge is 2.25. The third-order valence-corrected chi connectivity index (χ3v) is 5.31. The summed E-state index contributed by atoms with van der Waals surface area (Å²) in [7, 11) is 1.67. The van der Waals surface area contributed by atoms with Gasteiger partial charge in [0, 0.05) is 29.7 Å². The summed E-state index contributed by atoms with van der Waals surface area (Å²) in [5, 5.41) is 3.06. The van der Waals surface area contributed by atoms with Crippen molar-refractivity contribution in [2.45, 2.75) is 26.0 Å². The smallest absolute Gasteiger partial charge is 0.227 e. The van der Waals surface area contributed by atoms with Gasteiger partial charge < -0.3 is 10.1 Å². The van der Waals surface area contributed by atoms with E-state index < -0.39 is 0 Å². The summed E-state index contributed by atoms with van der Waals surface area (Å²) in [6.45, 7) is 3.41. The highest BCUT2D eigenvalue weighted by atomic mass is 79.9. The predicted molar refractivity (Wildman–Crippen MR) is 108 cm³/mol. The van der Waals surface area contributed by atoms with Gasteiger partial charge in [-0.15, -0.1) is 0 Å². The lowest BCUT2D eigenvalue weighted by atomic mass is 9.95. The summed E-state index contributed by atoms with van der Waals surface area (Å²) in [4.78, 5) is 15.0. The Hall–Kier alpha value is -1.69. The molecule has 5 heteroatoms. The second-order valence-corrected chi connectivity index (χ2v) is 7.72. The number of nitrogens with one attached hydrogen (secondary N) is 1. The summed E-state index contributed by atoms with van der Waals surface area (Å²) in [5.41, 5.74) is 3.22. The van der Waals surface area contributed by atoms with Crippen LogP contribution in [0.2, 0.25) is 0 Å².